The average molecular weight is 307 g/mol. The van der Waals surface area contributed by atoms with Crippen molar-refractivity contribution < 1.29 is 14.7 Å². The number of aliphatic carboxylic acids is 1. The maximum atomic E-state index is 12.5. The predicted octanol–water partition coefficient (Wildman–Crippen LogP) is 2.92. The molecule has 0 saturated heterocycles. The molecule has 21 heavy (non-hydrogen) atoms. The SMILES string of the molecule is CSCC(C)N(C)C(=O)c1cccc(/C=C/C(=O)O)c1C. The van der Waals surface area contributed by atoms with Gasteiger partial charge in [0.2, 0.25) is 0 Å². The van der Waals surface area contributed by atoms with Gasteiger partial charge >= 0.3 is 5.97 Å². The first-order valence-electron chi connectivity index (χ1n) is 6.65. The second kappa shape index (κ2) is 7.88. The van der Waals surface area contributed by atoms with Crippen molar-refractivity contribution >= 4 is 29.7 Å². The lowest BCUT2D eigenvalue weighted by atomic mass is 10.0. The molecule has 5 heteroatoms. The van der Waals surface area contributed by atoms with E-state index in [0.29, 0.717) is 5.56 Å². The van der Waals surface area contributed by atoms with E-state index < -0.39 is 5.97 Å². The molecule has 0 radical (unpaired) electrons. The van der Waals surface area contributed by atoms with E-state index in [1.54, 1.807) is 41.9 Å². The third-order valence-electron chi connectivity index (χ3n) is 3.40. The van der Waals surface area contributed by atoms with Crippen LogP contribution in [0.15, 0.2) is 24.3 Å². The first kappa shape index (κ1) is 17.3. The molecule has 1 rings (SSSR count). The largest absolute Gasteiger partial charge is 0.478 e. The van der Waals surface area contributed by atoms with Crippen LogP contribution in [0.4, 0.5) is 0 Å². The maximum absolute atomic E-state index is 12.5. The van der Waals surface area contributed by atoms with Crippen molar-refractivity contribution in [2.24, 2.45) is 0 Å². The molecule has 1 unspecified atom stereocenters. The molecule has 1 amide bonds. The lowest BCUT2D eigenvalue weighted by Crippen LogP contribution is -2.37. The summed E-state index contributed by atoms with van der Waals surface area (Å²) in [6.07, 6.45) is 4.60. The van der Waals surface area contributed by atoms with Crippen molar-refractivity contribution in [3.63, 3.8) is 0 Å². The molecule has 0 aromatic heterocycles. The molecule has 0 spiro atoms. The zero-order valence-electron chi connectivity index (χ0n) is 12.8. The molecular formula is C16H21NO3S. The zero-order chi connectivity index (χ0) is 16.0. The Morgan fingerprint density at radius 3 is 2.67 bits per heavy atom. The molecule has 1 aromatic rings. The highest BCUT2D eigenvalue weighted by atomic mass is 32.2. The van der Waals surface area contributed by atoms with E-state index in [0.717, 1.165) is 23.0 Å². The number of thioether (sulfide) groups is 1. The van der Waals surface area contributed by atoms with Gasteiger partial charge in [0.1, 0.15) is 0 Å². The van der Waals surface area contributed by atoms with Crippen molar-refractivity contribution in [1.29, 1.82) is 0 Å². The Kier molecular flexibility index (Phi) is 6.49. The van der Waals surface area contributed by atoms with Crippen LogP contribution >= 0.6 is 11.8 Å². The van der Waals surface area contributed by atoms with Gasteiger partial charge in [-0.2, -0.15) is 11.8 Å². The highest BCUT2D eigenvalue weighted by Crippen LogP contribution is 2.18. The van der Waals surface area contributed by atoms with Gasteiger partial charge in [-0.15, -0.1) is 0 Å². The van der Waals surface area contributed by atoms with E-state index in [4.69, 9.17) is 5.11 Å². The quantitative estimate of drug-likeness (QED) is 0.821. The minimum atomic E-state index is -1.00. The summed E-state index contributed by atoms with van der Waals surface area (Å²) in [5.74, 6) is -0.170. The van der Waals surface area contributed by atoms with Gasteiger partial charge in [0.25, 0.3) is 5.91 Å². The van der Waals surface area contributed by atoms with Gasteiger partial charge in [0.05, 0.1) is 0 Å². The van der Waals surface area contributed by atoms with Crippen LogP contribution in [0.25, 0.3) is 6.08 Å². The summed E-state index contributed by atoms with van der Waals surface area (Å²) in [5, 5.41) is 8.70. The van der Waals surface area contributed by atoms with Gasteiger partial charge in [0, 0.05) is 30.5 Å². The van der Waals surface area contributed by atoms with Crippen molar-refractivity contribution in [3.8, 4) is 0 Å². The molecule has 1 atom stereocenters. The normalized spacial score (nSPS) is 12.4. The standard InChI is InChI=1S/C16H21NO3S/c1-11(10-21-4)17(3)16(20)14-7-5-6-13(12(14)2)8-9-15(18)19/h5-9,11H,10H2,1-4H3,(H,18,19)/b9-8+. The predicted molar refractivity (Wildman–Crippen MR) is 87.8 cm³/mol. The van der Waals surface area contributed by atoms with Gasteiger partial charge in [0.15, 0.2) is 0 Å². The second-order valence-electron chi connectivity index (χ2n) is 4.91. The highest BCUT2D eigenvalue weighted by molar-refractivity contribution is 7.98. The number of hydrogen-bond acceptors (Lipinski definition) is 3. The van der Waals surface area contributed by atoms with Crippen LogP contribution in [0.1, 0.15) is 28.4 Å². The van der Waals surface area contributed by atoms with Crippen LogP contribution in [0.2, 0.25) is 0 Å². The molecule has 0 saturated carbocycles. The van der Waals surface area contributed by atoms with E-state index >= 15 is 0 Å². The molecule has 0 bridgehead atoms. The molecule has 0 aliphatic heterocycles. The molecule has 0 fully saturated rings. The number of benzene rings is 1. The number of carboxylic acid groups (broad SMARTS) is 1. The smallest absolute Gasteiger partial charge is 0.328 e. The van der Waals surface area contributed by atoms with Crippen molar-refractivity contribution in [2.75, 3.05) is 19.1 Å². The number of carbonyl (C=O) groups is 2. The fraction of sp³-hybridized carbons (Fsp3) is 0.375. The summed E-state index contributed by atoms with van der Waals surface area (Å²) in [7, 11) is 1.79. The van der Waals surface area contributed by atoms with Crippen LogP contribution in [0.5, 0.6) is 0 Å². The minimum absolute atomic E-state index is 0.0420. The van der Waals surface area contributed by atoms with Gasteiger partial charge in [-0.05, 0) is 43.4 Å². The van der Waals surface area contributed by atoms with Crippen LogP contribution in [0, 0.1) is 6.92 Å². The van der Waals surface area contributed by atoms with Gasteiger partial charge in [-0.3, -0.25) is 4.79 Å². The van der Waals surface area contributed by atoms with E-state index in [1.807, 2.05) is 20.1 Å². The molecular weight excluding hydrogens is 286 g/mol. The summed E-state index contributed by atoms with van der Waals surface area (Å²) in [4.78, 5) is 24.9. The topological polar surface area (TPSA) is 57.6 Å². The molecule has 0 aliphatic rings. The Hall–Kier alpha value is -1.75. The van der Waals surface area contributed by atoms with Crippen molar-refractivity contribution in [1.82, 2.24) is 4.90 Å². The molecule has 0 heterocycles. The fourth-order valence-corrected chi connectivity index (χ4v) is 2.68. The first-order valence-corrected chi connectivity index (χ1v) is 8.04. The van der Waals surface area contributed by atoms with E-state index in [9.17, 15) is 9.59 Å². The monoisotopic (exact) mass is 307 g/mol. The molecule has 114 valence electrons. The number of amides is 1. The summed E-state index contributed by atoms with van der Waals surface area (Å²) in [5.41, 5.74) is 2.15. The maximum Gasteiger partial charge on any atom is 0.328 e. The molecule has 1 N–H and O–H groups in total. The zero-order valence-corrected chi connectivity index (χ0v) is 13.6. The number of rotatable bonds is 6. The average Bonchev–Trinajstić information content (AvgIpc) is 2.44. The highest BCUT2D eigenvalue weighted by Gasteiger charge is 2.19. The van der Waals surface area contributed by atoms with Crippen molar-refractivity contribution in [2.45, 2.75) is 19.9 Å². The molecule has 4 nitrogen and oxygen atoms in total. The minimum Gasteiger partial charge on any atom is -0.478 e. The van der Waals surface area contributed by atoms with Crippen LogP contribution in [-0.4, -0.2) is 47.0 Å². The number of nitrogens with zero attached hydrogens (tertiary/aromatic N) is 1. The third-order valence-corrected chi connectivity index (χ3v) is 4.22. The first-order chi connectivity index (χ1) is 9.88. The van der Waals surface area contributed by atoms with E-state index in [2.05, 4.69) is 0 Å². The summed E-state index contributed by atoms with van der Waals surface area (Å²) >= 11 is 1.70. The number of hydrogen-bond donors (Lipinski definition) is 1. The van der Waals surface area contributed by atoms with E-state index in [-0.39, 0.29) is 11.9 Å². The Morgan fingerprint density at radius 1 is 1.43 bits per heavy atom. The fourth-order valence-electron chi connectivity index (χ4n) is 1.97. The Labute approximate surface area is 129 Å². The summed E-state index contributed by atoms with van der Waals surface area (Å²) in [6, 6.07) is 5.49. The third kappa shape index (κ3) is 4.63. The van der Waals surface area contributed by atoms with E-state index in [1.165, 1.54) is 6.08 Å². The van der Waals surface area contributed by atoms with Crippen LogP contribution in [0.3, 0.4) is 0 Å². The van der Waals surface area contributed by atoms with Crippen molar-refractivity contribution in [3.05, 3.63) is 41.0 Å². The Bertz CT molecular complexity index is 554. The van der Waals surface area contributed by atoms with Gasteiger partial charge < -0.3 is 10.0 Å². The summed E-state index contributed by atoms with van der Waals surface area (Å²) in [6.45, 7) is 3.85. The molecule has 1 aromatic carbocycles. The lowest BCUT2D eigenvalue weighted by Gasteiger charge is -2.25. The van der Waals surface area contributed by atoms with Crippen LogP contribution in [-0.2, 0) is 4.79 Å². The van der Waals surface area contributed by atoms with Crippen LogP contribution < -0.4 is 0 Å². The number of carboxylic acids is 1. The Morgan fingerprint density at radius 2 is 2.10 bits per heavy atom. The summed E-state index contributed by atoms with van der Waals surface area (Å²) < 4.78 is 0. The Balaban J connectivity index is 3.05. The van der Waals surface area contributed by atoms with Gasteiger partial charge in [-0.25, -0.2) is 4.79 Å². The number of carbonyl (C=O) groups excluding carboxylic acids is 1. The van der Waals surface area contributed by atoms with Gasteiger partial charge in [-0.1, -0.05) is 12.1 Å². The molecule has 0 aliphatic carbocycles. The lowest BCUT2D eigenvalue weighted by molar-refractivity contribution is -0.131. The second-order valence-corrected chi connectivity index (χ2v) is 5.82.